The Morgan fingerprint density at radius 1 is 1.15 bits per heavy atom. The van der Waals surface area contributed by atoms with Gasteiger partial charge in [0.25, 0.3) is 0 Å². The van der Waals surface area contributed by atoms with Crippen LogP contribution in [0.1, 0.15) is 76.3 Å². The molecule has 0 spiro atoms. The Bertz CT molecular complexity index is 955. The van der Waals surface area contributed by atoms with Gasteiger partial charge < -0.3 is 15.3 Å². The van der Waals surface area contributed by atoms with E-state index in [2.05, 4.69) is 29.0 Å². The van der Waals surface area contributed by atoms with Gasteiger partial charge in [-0.2, -0.15) is 13.2 Å². The molecule has 1 fully saturated rings. The predicted octanol–water partition coefficient (Wildman–Crippen LogP) is 7.22. The second kappa shape index (κ2) is 11.1. The largest absolute Gasteiger partial charge is 0.481 e. The number of halogens is 3. The number of nitrogens with zero attached hydrogens (tertiary/aromatic N) is 2. The lowest BCUT2D eigenvalue weighted by atomic mass is 9.92. The van der Waals surface area contributed by atoms with Crippen molar-refractivity contribution in [2.24, 2.45) is 5.92 Å². The average Bonchev–Trinajstić information content (AvgIpc) is 2.77. The zero-order valence-electron chi connectivity index (χ0n) is 20.0. The Morgan fingerprint density at radius 3 is 2.41 bits per heavy atom. The van der Waals surface area contributed by atoms with Crippen LogP contribution >= 0.6 is 0 Å². The molecular formula is C26H34F3N3O2. The minimum atomic E-state index is -4.45. The van der Waals surface area contributed by atoms with E-state index in [0.29, 0.717) is 17.8 Å². The molecule has 1 saturated carbocycles. The fourth-order valence-corrected chi connectivity index (χ4v) is 4.59. The van der Waals surface area contributed by atoms with Gasteiger partial charge in [0.2, 0.25) is 0 Å². The molecule has 2 aromatic rings. The third-order valence-corrected chi connectivity index (χ3v) is 6.31. The van der Waals surface area contributed by atoms with Crippen LogP contribution in [0.3, 0.4) is 0 Å². The highest BCUT2D eigenvalue weighted by Gasteiger charge is 2.31. The van der Waals surface area contributed by atoms with Crippen LogP contribution in [0.5, 0.6) is 0 Å². The van der Waals surface area contributed by atoms with E-state index >= 15 is 0 Å². The number of hydrogen-bond acceptors (Lipinski definition) is 4. The zero-order chi connectivity index (χ0) is 24.9. The fourth-order valence-electron chi connectivity index (χ4n) is 4.59. The number of carboxylic acids is 1. The summed E-state index contributed by atoms with van der Waals surface area (Å²) in [6.45, 7) is 7.05. The summed E-state index contributed by atoms with van der Waals surface area (Å²) in [5, 5.41) is 12.5. The number of pyridine rings is 1. The molecule has 1 aliphatic rings. The highest BCUT2D eigenvalue weighted by molar-refractivity contribution is 5.76. The van der Waals surface area contributed by atoms with Crippen molar-refractivity contribution >= 4 is 23.2 Å². The number of nitrogens with one attached hydrogen (secondary N) is 1. The smallest absolute Gasteiger partial charge is 0.417 e. The van der Waals surface area contributed by atoms with Crippen molar-refractivity contribution in [2.75, 3.05) is 16.8 Å². The number of benzene rings is 1. The SMILES string of the molecule is CC(C)CN(c1ccc(C(C)CC(=O)O)cc1Nc1ccc(C(F)(F)F)cn1)C1CCCCC1. The van der Waals surface area contributed by atoms with Gasteiger partial charge in [0.1, 0.15) is 5.82 Å². The number of aliphatic carboxylic acids is 1. The lowest BCUT2D eigenvalue weighted by Crippen LogP contribution is -2.39. The monoisotopic (exact) mass is 477 g/mol. The number of carbonyl (C=O) groups is 1. The molecule has 1 aliphatic carbocycles. The lowest BCUT2D eigenvalue weighted by molar-refractivity contribution is -0.138. The molecule has 2 N–H and O–H groups in total. The quantitative estimate of drug-likeness (QED) is 0.399. The van der Waals surface area contributed by atoms with E-state index in [0.717, 1.165) is 48.6 Å². The van der Waals surface area contributed by atoms with Crippen LogP contribution in [0.2, 0.25) is 0 Å². The van der Waals surface area contributed by atoms with E-state index in [1.165, 1.54) is 25.3 Å². The predicted molar refractivity (Wildman–Crippen MR) is 129 cm³/mol. The van der Waals surface area contributed by atoms with Crippen molar-refractivity contribution in [3.05, 3.63) is 47.7 Å². The molecule has 8 heteroatoms. The summed E-state index contributed by atoms with van der Waals surface area (Å²) in [5.74, 6) is -0.352. The maximum Gasteiger partial charge on any atom is 0.417 e. The summed E-state index contributed by atoms with van der Waals surface area (Å²) in [6, 6.07) is 8.62. The number of hydrogen-bond donors (Lipinski definition) is 2. The summed E-state index contributed by atoms with van der Waals surface area (Å²) in [6.07, 6.45) is 2.16. The van der Waals surface area contributed by atoms with Gasteiger partial charge in [-0.05, 0) is 54.5 Å². The van der Waals surface area contributed by atoms with Crippen molar-refractivity contribution in [1.82, 2.24) is 4.98 Å². The minimum Gasteiger partial charge on any atom is -0.481 e. The standard InChI is InChI=1S/C26H34F3N3O2/c1-17(2)16-32(21-7-5-4-6-8-21)23-11-9-19(18(3)13-25(33)34)14-22(23)31-24-12-10-20(15-30-24)26(27,28)29/h9-12,14-15,17-18,21H,4-8,13,16H2,1-3H3,(H,30,31)(H,33,34). The molecular weight excluding hydrogens is 443 g/mol. The topological polar surface area (TPSA) is 65.5 Å². The van der Waals surface area contributed by atoms with Gasteiger partial charge in [0, 0.05) is 18.8 Å². The Labute approximate surface area is 199 Å². The summed E-state index contributed by atoms with van der Waals surface area (Å²) < 4.78 is 38.9. The molecule has 0 aliphatic heterocycles. The molecule has 1 heterocycles. The molecule has 1 aromatic carbocycles. The Morgan fingerprint density at radius 2 is 1.85 bits per heavy atom. The summed E-state index contributed by atoms with van der Waals surface area (Å²) >= 11 is 0. The summed E-state index contributed by atoms with van der Waals surface area (Å²) in [7, 11) is 0. The molecule has 0 saturated heterocycles. The number of alkyl halides is 3. The van der Waals surface area contributed by atoms with Gasteiger partial charge in [-0.3, -0.25) is 4.79 Å². The fraction of sp³-hybridized carbons (Fsp3) is 0.538. The van der Waals surface area contributed by atoms with Crippen LogP contribution in [-0.2, 0) is 11.0 Å². The van der Waals surface area contributed by atoms with Gasteiger partial charge in [0.05, 0.1) is 23.4 Å². The van der Waals surface area contributed by atoms with E-state index < -0.39 is 17.7 Å². The maximum atomic E-state index is 13.0. The van der Waals surface area contributed by atoms with Crippen LogP contribution in [0.15, 0.2) is 36.5 Å². The Kier molecular flexibility index (Phi) is 8.44. The van der Waals surface area contributed by atoms with Gasteiger partial charge >= 0.3 is 12.1 Å². The average molecular weight is 478 g/mol. The van der Waals surface area contributed by atoms with Crippen molar-refractivity contribution < 1.29 is 23.1 Å². The highest BCUT2D eigenvalue weighted by atomic mass is 19.4. The molecule has 1 atom stereocenters. The number of carboxylic acid groups (broad SMARTS) is 1. The van der Waals surface area contributed by atoms with E-state index in [4.69, 9.17) is 0 Å². The molecule has 1 aromatic heterocycles. The first kappa shape index (κ1) is 25.8. The first-order valence-electron chi connectivity index (χ1n) is 12.0. The first-order valence-corrected chi connectivity index (χ1v) is 12.0. The lowest BCUT2D eigenvalue weighted by Gasteiger charge is -2.38. The third-order valence-electron chi connectivity index (χ3n) is 6.31. The molecule has 0 amide bonds. The third kappa shape index (κ3) is 6.87. The minimum absolute atomic E-state index is 0.00432. The van der Waals surface area contributed by atoms with E-state index in [1.807, 2.05) is 25.1 Å². The normalized spacial score (nSPS) is 15.9. The number of anilines is 3. The van der Waals surface area contributed by atoms with Crippen LogP contribution in [-0.4, -0.2) is 28.6 Å². The second-order valence-corrected chi connectivity index (χ2v) is 9.67. The molecule has 0 radical (unpaired) electrons. The highest BCUT2D eigenvalue weighted by Crippen LogP contribution is 2.37. The van der Waals surface area contributed by atoms with Gasteiger partial charge in [-0.15, -0.1) is 0 Å². The van der Waals surface area contributed by atoms with Crippen LogP contribution in [0.25, 0.3) is 0 Å². The Balaban J connectivity index is 2.00. The maximum absolute atomic E-state index is 13.0. The molecule has 1 unspecified atom stereocenters. The first-order chi connectivity index (χ1) is 16.0. The zero-order valence-corrected chi connectivity index (χ0v) is 20.0. The van der Waals surface area contributed by atoms with Crippen LogP contribution < -0.4 is 10.2 Å². The van der Waals surface area contributed by atoms with Crippen LogP contribution in [0, 0.1) is 5.92 Å². The van der Waals surface area contributed by atoms with Crippen molar-refractivity contribution in [3.63, 3.8) is 0 Å². The van der Waals surface area contributed by atoms with Crippen molar-refractivity contribution in [2.45, 2.75) is 77.4 Å². The summed E-state index contributed by atoms with van der Waals surface area (Å²) in [4.78, 5) is 17.6. The molecule has 186 valence electrons. The number of aromatic nitrogens is 1. The van der Waals surface area contributed by atoms with E-state index in [-0.39, 0.29) is 12.3 Å². The summed E-state index contributed by atoms with van der Waals surface area (Å²) in [5.41, 5.74) is 1.75. The second-order valence-electron chi connectivity index (χ2n) is 9.67. The van der Waals surface area contributed by atoms with E-state index in [9.17, 15) is 23.1 Å². The van der Waals surface area contributed by atoms with Crippen LogP contribution in [0.4, 0.5) is 30.4 Å². The van der Waals surface area contributed by atoms with Gasteiger partial charge in [0.15, 0.2) is 0 Å². The molecule has 34 heavy (non-hydrogen) atoms. The van der Waals surface area contributed by atoms with Gasteiger partial charge in [-0.25, -0.2) is 4.98 Å². The molecule has 0 bridgehead atoms. The van der Waals surface area contributed by atoms with Gasteiger partial charge in [-0.1, -0.05) is 46.1 Å². The molecule has 5 nitrogen and oxygen atoms in total. The van der Waals surface area contributed by atoms with Crippen molar-refractivity contribution in [3.8, 4) is 0 Å². The number of rotatable bonds is 9. The Hall–Kier alpha value is -2.77. The van der Waals surface area contributed by atoms with E-state index in [1.54, 1.807) is 0 Å². The van der Waals surface area contributed by atoms with Crippen molar-refractivity contribution in [1.29, 1.82) is 0 Å². The molecule has 3 rings (SSSR count).